The molecule has 2 nitrogen and oxygen atoms in total. The number of rotatable bonds is 0. The molecule has 0 saturated heterocycles. The second-order valence-electron chi connectivity index (χ2n) is 10.4. The molecule has 0 aliphatic heterocycles. The third-order valence-electron chi connectivity index (χ3n) is 7.94. The van der Waals surface area contributed by atoms with Crippen molar-refractivity contribution >= 4 is 43.6 Å². The van der Waals surface area contributed by atoms with Crippen LogP contribution in [-0.2, 0) is 10.8 Å². The lowest BCUT2D eigenvalue weighted by atomic mass is 9.58. The molecule has 2 heteroatoms. The van der Waals surface area contributed by atoms with Crippen LogP contribution in [0.3, 0.4) is 0 Å². The van der Waals surface area contributed by atoms with E-state index in [0.29, 0.717) is 0 Å². The van der Waals surface area contributed by atoms with Crippen LogP contribution in [0.2, 0.25) is 0 Å². The molecule has 0 spiro atoms. The lowest BCUT2D eigenvalue weighted by Crippen LogP contribution is -2.36. The maximum absolute atomic E-state index is 3.66. The fraction of sp³-hybridized carbons (Fsp3) is 0.200. The maximum atomic E-state index is 3.66. The van der Waals surface area contributed by atoms with Crippen LogP contribution in [0.4, 0.5) is 0 Å². The summed E-state index contributed by atoms with van der Waals surface area (Å²) in [7, 11) is 0. The average molecular weight is 415 g/mol. The van der Waals surface area contributed by atoms with Gasteiger partial charge in [-0.2, -0.15) is 0 Å². The summed E-state index contributed by atoms with van der Waals surface area (Å²) in [6.45, 7) is 9.62. The van der Waals surface area contributed by atoms with Crippen LogP contribution in [-0.4, -0.2) is 9.97 Å². The Hall–Kier alpha value is -3.52. The number of hydrogen-bond donors (Lipinski definition) is 2. The summed E-state index contributed by atoms with van der Waals surface area (Å²) >= 11 is 0. The van der Waals surface area contributed by atoms with Crippen LogP contribution in [0.25, 0.3) is 43.6 Å². The number of aromatic nitrogens is 2. The van der Waals surface area contributed by atoms with Crippen molar-refractivity contribution < 1.29 is 0 Å². The minimum absolute atomic E-state index is 0.114. The van der Waals surface area contributed by atoms with E-state index in [4.69, 9.17) is 0 Å². The van der Waals surface area contributed by atoms with Gasteiger partial charge < -0.3 is 9.97 Å². The minimum Gasteiger partial charge on any atom is -0.355 e. The van der Waals surface area contributed by atoms with E-state index in [2.05, 4.69) is 110 Å². The molecular weight excluding hydrogens is 388 g/mol. The largest absolute Gasteiger partial charge is 0.355 e. The fourth-order valence-electron chi connectivity index (χ4n) is 6.49. The third kappa shape index (κ3) is 2.01. The second-order valence-corrected chi connectivity index (χ2v) is 10.4. The van der Waals surface area contributed by atoms with E-state index in [-0.39, 0.29) is 10.8 Å². The smallest absolute Gasteiger partial charge is 0.0468 e. The highest BCUT2D eigenvalue weighted by Crippen LogP contribution is 2.55. The summed E-state index contributed by atoms with van der Waals surface area (Å²) in [6, 6.07) is 26.7. The van der Waals surface area contributed by atoms with Gasteiger partial charge in [0.1, 0.15) is 0 Å². The topological polar surface area (TPSA) is 31.6 Å². The van der Waals surface area contributed by atoms with E-state index in [1.165, 1.54) is 65.9 Å². The predicted molar refractivity (Wildman–Crippen MR) is 136 cm³/mol. The van der Waals surface area contributed by atoms with E-state index in [1.54, 1.807) is 0 Å². The van der Waals surface area contributed by atoms with Crippen molar-refractivity contribution in [3.8, 4) is 0 Å². The summed E-state index contributed by atoms with van der Waals surface area (Å²) in [4.78, 5) is 7.32. The van der Waals surface area contributed by atoms with Crippen molar-refractivity contribution in [3.05, 3.63) is 95.1 Å². The number of H-pyrrole nitrogens is 2. The lowest BCUT2D eigenvalue weighted by molar-refractivity contribution is 0.530. The monoisotopic (exact) mass is 414 g/mol. The van der Waals surface area contributed by atoms with Crippen molar-refractivity contribution in [2.24, 2.45) is 0 Å². The zero-order valence-electron chi connectivity index (χ0n) is 18.9. The van der Waals surface area contributed by atoms with Crippen molar-refractivity contribution in [3.63, 3.8) is 0 Å². The van der Waals surface area contributed by atoms with Gasteiger partial charge in [0.05, 0.1) is 0 Å². The molecule has 0 radical (unpaired) electrons. The van der Waals surface area contributed by atoms with Gasteiger partial charge in [-0.05, 0) is 46.5 Å². The Balaban J connectivity index is 1.69. The highest BCUT2D eigenvalue weighted by atomic mass is 14.7. The number of benzene rings is 4. The first-order valence-corrected chi connectivity index (χ1v) is 11.5. The van der Waals surface area contributed by atoms with E-state index in [9.17, 15) is 0 Å². The lowest BCUT2D eigenvalue weighted by Gasteiger charge is -2.44. The summed E-state index contributed by atoms with van der Waals surface area (Å²) in [6.07, 6.45) is 0. The van der Waals surface area contributed by atoms with Crippen LogP contribution in [0, 0.1) is 0 Å². The average Bonchev–Trinajstić information content (AvgIpc) is 3.35. The quantitative estimate of drug-likeness (QED) is 0.253. The van der Waals surface area contributed by atoms with Gasteiger partial charge in [0.2, 0.25) is 0 Å². The minimum atomic E-state index is -0.114. The SMILES string of the molecule is CC1(C)c2ccc3[nH]c4ccccc4c3c2C(C)(C)c2ccc3[nH]c4ccccc4c3c21. The van der Waals surface area contributed by atoms with Crippen LogP contribution in [0.1, 0.15) is 49.9 Å². The first kappa shape index (κ1) is 18.1. The predicted octanol–water partition coefficient (Wildman–Crippen LogP) is 7.92. The summed E-state index contributed by atoms with van der Waals surface area (Å²) < 4.78 is 0. The highest BCUT2D eigenvalue weighted by molar-refractivity contribution is 6.13. The Morgan fingerprint density at radius 3 is 1.31 bits per heavy atom. The van der Waals surface area contributed by atoms with Crippen LogP contribution in [0.5, 0.6) is 0 Å². The van der Waals surface area contributed by atoms with Gasteiger partial charge in [0.25, 0.3) is 0 Å². The number of hydrogen-bond acceptors (Lipinski definition) is 0. The molecule has 2 heterocycles. The van der Waals surface area contributed by atoms with Crippen LogP contribution < -0.4 is 0 Å². The van der Waals surface area contributed by atoms with Crippen LogP contribution >= 0.6 is 0 Å². The van der Waals surface area contributed by atoms with Gasteiger partial charge in [-0.1, -0.05) is 76.2 Å². The highest BCUT2D eigenvalue weighted by Gasteiger charge is 2.44. The number of nitrogens with one attached hydrogen (secondary N) is 2. The molecule has 0 saturated carbocycles. The molecule has 32 heavy (non-hydrogen) atoms. The Labute approximate surface area is 187 Å². The van der Waals surface area contributed by atoms with E-state index >= 15 is 0 Å². The van der Waals surface area contributed by atoms with Crippen molar-refractivity contribution in [1.82, 2.24) is 9.97 Å². The fourth-order valence-corrected chi connectivity index (χ4v) is 6.49. The van der Waals surface area contributed by atoms with E-state index < -0.39 is 0 Å². The van der Waals surface area contributed by atoms with Gasteiger partial charge in [-0.15, -0.1) is 0 Å². The first-order chi connectivity index (χ1) is 15.4. The number of fused-ring (bicyclic) bond motifs is 10. The van der Waals surface area contributed by atoms with Gasteiger partial charge in [0, 0.05) is 54.4 Å². The molecule has 2 N–H and O–H groups in total. The van der Waals surface area contributed by atoms with Gasteiger partial charge in [-0.25, -0.2) is 0 Å². The Morgan fingerprint density at radius 1 is 0.469 bits per heavy atom. The third-order valence-corrected chi connectivity index (χ3v) is 7.94. The Bertz CT molecular complexity index is 1590. The Kier molecular flexibility index (Phi) is 3.19. The molecule has 0 bridgehead atoms. The summed E-state index contributed by atoms with van der Waals surface area (Å²) in [5.41, 5.74) is 10.4. The Morgan fingerprint density at radius 2 is 0.875 bits per heavy atom. The normalized spacial score (nSPS) is 16.6. The molecule has 0 atom stereocenters. The molecular formula is C30H26N2. The van der Waals surface area contributed by atoms with Gasteiger partial charge in [-0.3, -0.25) is 0 Å². The van der Waals surface area contributed by atoms with Gasteiger partial charge >= 0.3 is 0 Å². The van der Waals surface area contributed by atoms with Crippen molar-refractivity contribution in [1.29, 1.82) is 0 Å². The molecule has 0 amide bonds. The standard InChI is InChI=1S/C30H26N2/c1-29(2)19-13-15-24-26(18-10-6-8-12-22(18)32-24)28(19)30(3,4)20-14-16-23-25(27(20)29)17-9-5-7-11-21(17)31-23/h5-16,31-32H,1-4H3. The second kappa shape index (κ2) is 5.63. The van der Waals surface area contributed by atoms with Crippen LogP contribution in [0.15, 0.2) is 72.8 Å². The maximum Gasteiger partial charge on any atom is 0.0468 e. The molecule has 1 aliphatic rings. The molecule has 4 aromatic carbocycles. The zero-order valence-corrected chi connectivity index (χ0v) is 18.9. The van der Waals surface area contributed by atoms with Crippen molar-refractivity contribution in [2.75, 3.05) is 0 Å². The molecule has 1 aliphatic carbocycles. The first-order valence-electron chi connectivity index (χ1n) is 11.5. The molecule has 0 fully saturated rings. The zero-order chi connectivity index (χ0) is 21.8. The van der Waals surface area contributed by atoms with E-state index in [0.717, 1.165) is 0 Å². The number of aromatic amines is 2. The van der Waals surface area contributed by atoms with Crippen molar-refractivity contribution in [2.45, 2.75) is 38.5 Å². The molecule has 2 aromatic heterocycles. The molecule has 156 valence electrons. The molecule has 6 aromatic rings. The molecule has 0 unspecified atom stereocenters. The van der Waals surface area contributed by atoms with Gasteiger partial charge in [0.15, 0.2) is 0 Å². The number of para-hydroxylation sites is 2. The summed E-state index contributed by atoms with van der Waals surface area (Å²) in [5.74, 6) is 0. The summed E-state index contributed by atoms with van der Waals surface area (Å²) in [5, 5.41) is 5.39. The van der Waals surface area contributed by atoms with E-state index in [1.807, 2.05) is 0 Å². The molecule has 7 rings (SSSR count).